The third kappa shape index (κ3) is 5.72. The highest BCUT2D eigenvalue weighted by atomic mass is 19.4. The number of rotatable bonds is 8. The van der Waals surface area contributed by atoms with Crippen LogP contribution in [0.15, 0.2) is 18.6 Å². The molecule has 1 saturated carbocycles. The fourth-order valence-corrected chi connectivity index (χ4v) is 5.92. The van der Waals surface area contributed by atoms with Gasteiger partial charge in [-0.1, -0.05) is 13.8 Å². The van der Waals surface area contributed by atoms with Crippen molar-refractivity contribution in [1.82, 2.24) is 30.1 Å². The second kappa shape index (κ2) is 10.7. The van der Waals surface area contributed by atoms with E-state index in [1.807, 2.05) is 19.9 Å². The molecular formula is C27H34F3N7O5. The second-order valence-electron chi connectivity index (χ2n) is 12.2. The highest BCUT2D eigenvalue weighted by Crippen LogP contribution is 2.65. The lowest BCUT2D eigenvalue weighted by Gasteiger charge is -2.36. The maximum absolute atomic E-state index is 13.9. The van der Waals surface area contributed by atoms with Gasteiger partial charge in [0.05, 0.1) is 31.1 Å². The van der Waals surface area contributed by atoms with Crippen LogP contribution in [0.1, 0.15) is 53.1 Å². The minimum absolute atomic E-state index is 0.0842. The smallest absolute Gasteiger partial charge is 0.471 e. The summed E-state index contributed by atoms with van der Waals surface area (Å²) in [6.07, 6.45) is -2.01. The highest BCUT2D eigenvalue weighted by Gasteiger charge is 2.70. The van der Waals surface area contributed by atoms with Crippen LogP contribution in [0.5, 0.6) is 5.88 Å². The minimum atomic E-state index is -5.24. The third-order valence-corrected chi connectivity index (χ3v) is 7.93. The van der Waals surface area contributed by atoms with Crippen molar-refractivity contribution in [1.29, 1.82) is 5.26 Å². The van der Waals surface area contributed by atoms with E-state index in [4.69, 9.17) is 9.47 Å². The lowest BCUT2D eigenvalue weighted by molar-refractivity contribution is -0.177. The number of likely N-dealkylation sites (tertiary alicyclic amines) is 1. The summed E-state index contributed by atoms with van der Waals surface area (Å²) in [6.45, 7) is 10.3. The Morgan fingerprint density at radius 2 is 1.88 bits per heavy atom. The average Bonchev–Trinajstić information content (AvgIpc) is 3.27. The van der Waals surface area contributed by atoms with Gasteiger partial charge in [0.15, 0.2) is 0 Å². The zero-order valence-electron chi connectivity index (χ0n) is 24.3. The monoisotopic (exact) mass is 593 g/mol. The molecule has 2 aromatic rings. The molecule has 0 bridgehead atoms. The largest absolute Gasteiger partial charge is 0.479 e. The quantitative estimate of drug-likeness (QED) is 0.473. The number of hydrogen-bond donors (Lipinski definition) is 2. The number of methoxy groups -OCH3 is 1. The van der Waals surface area contributed by atoms with Gasteiger partial charge in [0, 0.05) is 24.5 Å². The molecule has 0 spiro atoms. The molecule has 6 atom stereocenters. The molecule has 2 fully saturated rings. The van der Waals surface area contributed by atoms with E-state index in [0.29, 0.717) is 11.1 Å². The van der Waals surface area contributed by atoms with E-state index in [-0.39, 0.29) is 29.7 Å². The van der Waals surface area contributed by atoms with Crippen molar-refractivity contribution in [3.8, 4) is 11.9 Å². The zero-order valence-corrected chi connectivity index (χ0v) is 24.3. The normalized spacial score (nSPS) is 23.4. The lowest BCUT2D eigenvalue weighted by Crippen LogP contribution is -2.61. The first-order valence-electron chi connectivity index (χ1n) is 13.3. The molecular weight excluding hydrogens is 559 g/mol. The van der Waals surface area contributed by atoms with E-state index in [0.717, 1.165) is 0 Å². The van der Waals surface area contributed by atoms with Crippen LogP contribution in [0, 0.1) is 28.6 Å². The average molecular weight is 594 g/mol. The zero-order chi connectivity index (χ0) is 31.4. The standard InChI is InChI=1S/C27H34F3N7O5/c1-13(42-25(2,3)4)18(35-24(40)27(28,29)30)23(39)36-12-15-17(26(15,5)6)20(36)21(38)34-16(10-31)14-11-33-37-9-8-32-22(41-7)19(14)37/h8-9,11,13,15-18,20H,12H2,1-7H3,(H,34,38)(H,35,40)/t13-,15+,16?,17+,18+,20+/m1/s1. The Balaban J connectivity index is 1.65. The van der Waals surface area contributed by atoms with Gasteiger partial charge in [-0.25, -0.2) is 9.50 Å². The number of amides is 3. The highest BCUT2D eigenvalue weighted by molar-refractivity contribution is 5.95. The van der Waals surface area contributed by atoms with E-state index in [2.05, 4.69) is 15.4 Å². The molecule has 228 valence electrons. The fraction of sp³-hybridized carbons (Fsp3) is 0.630. The molecule has 4 rings (SSSR count). The van der Waals surface area contributed by atoms with Gasteiger partial charge in [0.2, 0.25) is 17.7 Å². The molecule has 3 amide bonds. The Hall–Kier alpha value is -3.93. The number of carbonyl (C=O) groups excluding carboxylic acids is 3. The summed E-state index contributed by atoms with van der Waals surface area (Å²) in [6, 6.07) is -2.02. The summed E-state index contributed by atoms with van der Waals surface area (Å²) >= 11 is 0. The number of alkyl halides is 3. The molecule has 1 saturated heterocycles. The summed E-state index contributed by atoms with van der Waals surface area (Å²) in [4.78, 5) is 44.9. The first-order valence-corrected chi connectivity index (χ1v) is 13.3. The predicted molar refractivity (Wildman–Crippen MR) is 141 cm³/mol. The Kier molecular flexibility index (Phi) is 7.92. The van der Waals surface area contributed by atoms with Crippen LogP contribution < -0.4 is 15.4 Å². The number of nitrogens with zero attached hydrogens (tertiary/aromatic N) is 5. The fourth-order valence-electron chi connectivity index (χ4n) is 5.92. The van der Waals surface area contributed by atoms with Gasteiger partial charge in [0.1, 0.15) is 23.6 Å². The molecule has 1 aliphatic heterocycles. The number of piperidine rings is 1. The van der Waals surface area contributed by atoms with Gasteiger partial charge in [-0.2, -0.15) is 23.5 Å². The van der Waals surface area contributed by atoms with Crippen LogP contribution in [0.4, 0.5) is 13.2 Å². The molecule has 2 N–H and O–H groups in total. The van der Waals surface area contributed by atoms with Crippen molar-refractivity contribution in [2.24, 2.45) is 17.3 Å². The Morgan fingerprint density at radius 3 is 2.45 bits per heavy atom. The van der Waals surface area contributed by atoms with E-state index in [9.17, 15) is 32.8 Å². The van der Waals surface area contributed by atoms with Crippen LogP contribution in [0.3, 0.4) is 0 Å². The molecule has 0 aromatic carbocycles. The Morgan fingerprint density at radius 1 is 1.21 bits per heavy atom. The van der Waals surface area contributed by atoms with Crippen LogP contribution in [0.2, 0.25) is 0 Å². The number of nitriles is 1. The first kappa shape index (κ1) is 31.0. The van der Waals surface area contributed by atoms with Gasteiger partial charge < -0.3 is 25.0 Å². The molecule has 3 heterocycles. The Bertz CT molecular complexity index is 1430. The SMILES string of the molecule is COc1nccn2ncc(C(C#N)NC(=O)[C@@H]3[C@@H]4[C@H](CN3C(=O)[C@@H](NC(=O)C(F)(F)F)[C@@H](C)OC(C)(C)C)C4(C)C)c12. The molecule has 15 heteroatoms. The van der Waals surface area contributed by atoms with E-state index < -0.39 is 53.7 Å². The lowest BCUT2D eigenvalue weighted by atomic mass is 9.98. The van der Waals surface area contributed by atoms with E-state index in [1.165, 1.54) is 35.8 Å². The van der Waals surface area contributed by atoms with Gasteiger partial charge in [-0.3, -0.25) is 14.4 Å². The predicted octanol–water partition coefficient (Wildman–Crippen LogP) is 2.15. The maximum Gasteiger partial charge on any atom is 0.471 e. The molecule has 2 aliphatic rings. The van der Waals surface area contributed by atoms with Crippen molar-refractivity contribution in [2.45, 2.75) is 77.5 Å². The van der Waals surface area contributed by atoms with Crippen LogP contribution in [-0.4, -0.2) is 80.8 Å². The van der Waals surface area contributed by atoms with Gasteiger partial charge in [-0.15, -0.1) is 0 Å². The van der Waals surface area contributed by atoms with Gasteiger partial charge >= 0.3 is 12.1 Å². The van der Waals surface area contributed by atoms with E-state index >= 15 is 0 Å². The van der Waals surface area contributed by atoms with E-state index in [1.54, 1.807) is 32.3 Å². The number of halogens is 3. The number of carbonyl (C=O) groups is 3. The molecule has 2 aromatic heterocycles. The molecule has 1 aliphatic carbocycles. The minimum Gasteiger partial charge on any atom is -0.479 e. The Labute approximate surface area is 240 Å². The summed E-state index contributed by atoms with van der Waals surface area (Å²) in [7, 11) is 1.40. The van der Waals surface area contributed by atoms with Crippen molar-refractivity contribution in [3.63, 3.8) is 0 Å². The molecule has 42 heavy (non-hydrogen) atoms. The van der Waals surface area contributed by atoms with Crippen LogP contribution in [0.25, 0.3) is 5.52 Å². The summed E-state index contributed by atoms with van der Waals surface area (Å²) in [5.74, 6) is -4.11. The molecule has 12 nitrogen and oxygen atoms in total. The number of aromatic nitrogens is 3. The topological polar surface area (TPSA) is 151 Å². The first-order chi connectivity index (χ1) is 19.4. The van der Waals surface area contributed by atoms with Crippen LogP contribution >= 0.6 is 0 Å². The second-order valence-corrected chi connectivity index (χ2v) is 12.2. The number of fused-ring (bicyclic) bond motifs is 2. The van der Waals surface area contributed by atoms with Crippen LogP contribution in [-0.2, 0) is 19.1 Å². The van der Waals surface area contributed by atoms with Crippen molar-refractivity contribution in [2.75, 3.05) is 13.7 Å². The number of hydrogen-bond acceptors (Lipinski definition) is 8. The van der Waals surface area contributed by atoms with Crippen molar-refractivity contribution < 1.29 is 37.0 Å². The van der Waals surface area contributed by atoms with Gasteiger partial charge in [0.25, 0.3) is 0 Å². The summed E-state index contributed by atoms with van der Waals surface area (Å²) < 4.78 is 52.1. The summed E-state index contributed by atoms with van der Waals surface area (Å²) in [5.41, 5.74) is -0.520. The number of ether oxygens (including phenoxy) is 2. The maximum atomic E-state index is 13.9. The van der Waals surface area contributed by atoms with Crippen molar-refractivity contribution >= 4 is 23.2 Å². The molecule has 0 radical (unpaired) electrons. The number of nitrogens with one attached hydrogen (secondary N) is 2. The summed E-state index contributed by atoms with van der Waals surface area (Å²) in [5, 5.41) is 18.6. The van der Waals surface area contributed by atoms with Gasteiger partial charge in [-0.05, 0) is 44.9 Å². The third-order valence-electron chi connectivity index (χ3n) is 7.93. The molecule has 1 unspecified atom stereocenters. The van der Waals surface area contributed by atoms with Crippen molar-refractivity contribution in [3.05, 3.63) is 24.2 Å².